The number of nitrogens with zero attached hydrogens (tertiary/aromatic N) is 1. The minimum Gasteiger partial charge on any atom is -0.399 e. The van der Waals surface area contributed by atoms with Crippen molar-refractivity contribution in [3.8, 4) is 0 Å². The third-order valence-corrected chi connectivity index (χ3v) is 3.90. The number of halogens is 1. The summed E-state index contributed by atoms with van der Waals surface area (Å²) >= 11 is 1.13. The second-order valence-corrected chi connectivity index (χ2v) is 5.59. The maximum Gasteiger partial charge on any atom is 0.250 e. The lowest BCUT2D eigenvalue weighted by Crippen LogP contribution is -2.21. The first kappa shape index (κ1) is 16.0. The van der Waals surface area contributed by atoms with Crippen LogP contribution in [0, 0.1) is 5.82 Å². The Bertz CT molecular complexity index is 703. The number of carbonyl (C=O) groups excluding carboxylic acids is 1. The molecule has 0 radical (unpaired) electrons. The van der Waals surface area contributed by atoms with Crippen LogP contribution in [0.3, 0.4) is 0 Å². The molecule has 22 heavy (non-hydrogen) atoms. The summed E-state index contributed by atoms with van der Waals surface area (Å²) < 4.78 is 13.4. The number of hydrogen-bond acceptors (Lipinski definition) is 4. The molecule has 2 aromatic rings. The fourth-order valence-electron chi connectivity index (χ4n) is 1.71. The predicted octanol–water partition coefficient (Wildman–Crippen LogP) is 3.04. The first-order valence-corrected chi connectivity index (χ1v) is 7.61. The number of nitrogens with one attached hydrogen (secondary N) is 1. The summed E-state index contributed by atoms with van der Waals surface area (Å²) in [6, 6.07) is 13.6. The Morgan fingerprint density at radius 3 is 2.77 bits per heavy atom. The number of nitrogen functional groups attached to an aromatic ring is 1. The van der Waals surface area contributed by atoms with Crippen molar-refractivity contribution in [2.45, 2.75) is 11.8 Å². The highest BCUT2D eigenvalue weighted by atomic mass is 32.2. The number of hydrogen-bond donors (Lipinski definition) is 2. The maximum absolute atomic E-state index is 13.4. The number of benzene rings is 2. The van der Waals surface area contributed by atoms with Gasteiger partial charge in [0, 0.05) is 10.6 Å². The first-order valence-electron chi connectivity index (χ1n) is 6.62. The van der Waals surface area contributed by atoms with Crippen LogP contribution in [0.4, 0.5) is 10.1 Å². The Balaban J connectivity index is 1.90. The summed E-state index contributed by atoms with van der Waals surface area (Å²) in [5, 5.41) is 4.02. The molecule has 0 aliphatic heterocycles. The lowest BCUT2D eigenvalue weighted by molar-refractivity contribution is -0.118. The summed E-state index contributed by atoms with van der Waals surface area (Å²) in [4.78, 5) is 12.2. The zero-order chi connectivity index (χ0) is 15.9. The fourth-order valence-corrected chi connectivity index (χ4v) is 2.44. The highest BCUT2D eigenvalue weighted by molar-refractivity contribution is 8.00. The van der Waals surface area contributed by atoms with Crippen molar-refractivity contribution in [2.75, 3.05) is 11.5 Å². The van der Waals surface area contributed by atoms with Gasteiger partial charge in [-0.15, -0.1) is 11.8 Å². The van der Waals surface area contributed by atoms with Gasteiger partial charge in [-0.05, 0) is 36.8 Å². The van der Waals surface area contributed by atoms with Crippen molar-refractivity contribution < 1.29 is 9.18 Å². The number of thioether (sulfide) groups is 1. The van der Waals surface area contributed by atoms with E-state index in [9.17, 15) is 9.18 Å². The molecular weight excluding hydrogens is 301 g/mol. The van der Waals surface area contributed by atoms with E-state index >= 15 is 0 Å². The molecule has 114 valence electrons. The van der Waals surface area contributed by atoms with E-state index < -0.39 is 0 Å². The molecule has 0 aliphatic rings. The van der Waals surface area contributed by atoms with E-state index in [0.717, 1.165) is 17.3 Å². The molecule has 0 aromatic heterocycles. The Morgan fingerprint density at radius 1 is 1.27 bits per heavy atom. The normalized spacial score (nSPS) is 11.3. The Morgan fingerprint density at radius 2 is 2.05 bits per heavy atom. The number of hydrazone groups is 1. The average molecular weight is 317 g/mol. The number of carbonyl (C=O) groups is 1. The second kappa shape index (κ2) is 7.61. The van der Waals surface area contributed by atoms with Gasteiger partial charge in [0.2, 0.25) is 5.91 Å². The van der Waals surface area contributed by atoms with Crippen LogP contribution in [0.15, 0.2) is 58.5 Å². The van der Waals surface area contributed by atoms with Gasteiger partial charge in [0.15, 0.2) is 0 Å². The van der Waals surface area contributed by atoms with E-state index in [-0.39, 0.29) is 17.5 Å². The topological polar surface area (TPSA) is 67.5 Å². The fraction of sp³-hybridized carbons (Fsp3) is 0.125. The Kier molecular flexibility index (Phi) is 5.55. The largest absolute Gasteiger partial charge is 0.399 e. The Hall–Kier alpha value is -2.34. The van der Waals surface area contributed by atoms with Crippen LogP contribution in [0.1, 0.15) is 12.5 Å². The summed E-state index contributed by atoms with van der Waals surface area (Å²) in [5.41, 5.74) is 10.3. The summed E-state index contributed by atoms with van der Waals surface area (Å²) in [6.45, 7) is 1.78. The number of nitrogens with two attached hydrogens (primary N) is 1. The molecule has 6 heteroatoms. The zero-order valence-corrected chi connectivity index (χ0v) is 12.9. The average Bonchev–Trinajstić information content (AvgIpc) is 2.52. The van der Waals surface area contributed by atoms with Gasteiger partial charge >= 0.3 is 0 Å². The van der Waals surface area contributed by atoms with Gasteiger partial charge in [0.1, 0.15) is 5.82 Å². The Labute approximate surface area is 132 Å². The molecule has 4 nitrogen and oxygen atoms in total. The van der Waals surface area contributed by atoms with Gasteiger partial charge in [-0.2, -0.15) is 5.10 Å². The molecule has 0 fully saturated rings. The lowest BCUT2D eigenvalue weighted by Gasteiger charge is -2.04. The molecule has 0 spiro atoms. The third kappa shape index (κ3) is 4.60. The second-order valence-electron chi connectivity index (χ2n) is 4.58. The molecule has 0 bridgehead atoms. The van der Waals surface area contributed by atoms with Crippen LogP contribution in [0.5, 0.6) is 0 Å². The number of rotatable bonds is 5. The third-order valence-electron chi connectivity index (χ3n) is 2.85. The van der Waals surface area contributed by atoms with Crippen LogP contribution < -0.4 is 11.2 Å². The summed E-state index contributed by atoms with van der Waals surface area (Å²) in [7, 11) is 0. The quantitative estimate of drug-likeness (QED) is 0.385. The molecule has 0 saturated carbocycles. The highest BCUT2D eigenvalue weighted by Crippen LogP contribution is 2.20. The molecule has 3 N–H and O–H groups in total. The van der Waals surface area contributed by atoms with Crippen molar-refractivity contribution in [3.05, 3.63) is 59.9 Å². The van der Waals surface area contributed by atoms with E-state index in [0.29, 0.717) is 16.3 Å². The monoisotopic (exact) mass is 317 g/mol. The van der Waals surface area contributed by atoms with Gasteiger partial charge in [-0.1, -0.05) is 24.3 Å². The molecular formula is C16H16FN3OS. The van der Waals surface area contributed by atoms with Gasteiger partial charge in [0.05, 0.1) is 11.5 Å². The van der Waals surface area contributed by atoms with Gasteiger partial charge in [-0.3, -0.25) is 4.79 Å². The van der Waals surface area contributed by atoms with E-state index in [1.807, 2.05) is 12.1 Å². The van der Waals surface area contributed by atoms with Crippen molar-refractivity contribution >= 4 is 29.1 Å². The smallest absolute Gasteiger partial charge is 0.250 e. The summed E-state index contributed by atoms with van der Waals surface area (Å²) in [6.07, 6.45) is 0. The molecule has 2 rings (SSSR count). The van der Waals surface area contributed by atoms with Crippen LogP contribution in [-0.2, 0) is 4.79 Å². The van der Waals surface area contributed by atoms with E-state index in [1.54, 1.807) is 37.3 Å². The highest BCUT2D eigenvalue weighted by Gasteiger charge is 2.06. The molecule has 0 atom stereocenters. The van der Waals surface area contributed by atoms with Gasteiger partial charge in [0.25, 0.3) is 0 Å². The van der Waals surface area contributed by atoms with Gasteiger partial charge < -0.3 is 5.73 Å². The van der Waals surface area contributed by atoms with Crippen LogP contribution in [0.2, 0.25) is 0 Å². The molecule has 2 aromatic carbocycles. The molecule has 0 saturated heterocycles. The minimum absolute atomic E-state index is 0.0919. The van der Waals surface area contributed by atoms with Crippen LogP contribution in [-0.4, -0.2) is 17.4 Å². The van der Waals surface area contributed by atoms with E-state index in [1.165, 1.54) is 6.07 Å². The first-order chi connectivity index (χ1) is 10.6. The summed E-state index contributed by atoms with van der Waals surface area (Å²) in [5.74, 6) is -0.537. The van der Waals surface area contributed by atoms with E-state index in [4.69, 9.17) is 5.73 Å². The van der Waals surface area contributed by atoms with Crippen LogP contribution >= 0.6 is 11.8 Å². The molecule has 0 aliphatic carbocycles. The van der Waals surface area contributed by atoms with Crippen LogP contribution in [0.25, 0.3) is 0 Å². The van der Waals surface area contributed by atoms with Crippen molar-refractivity contribution in [1.29, 1.82) is 0 Å². The van der Waals surface area contributed by atoms with E-state index in [2.05, 4.69) is 10.5 Å². The lowest BCUT2D eigenvalue weighted by atomic mass is 10.1. The minimum atomic E-state index is -0.334. The molecule has 0 unspecified atom stereocenters. The molecule has 1 amide bonds. The van der Waals surface area contributed by atoms with Crippen molar-refractivity contribution in [3.63, 3.8) is 0 Å². The molecule has 0 heterocycles. The number of anilines is 1. The van der Waals surface area contributed by atoms with Crippen molar-refractivity contribution in [2.24, 2.45) is 5.10 Å². The SMILES string of the molecule is C/C(=N/NC(=O)CSc1ccccc1F)c1cccc(N)c1. The maximum atomic E-state index is 13.4. The van der Waals surface area contributed by atoms with Gasteiger partial charge in [-0.25, -0.2) is 9.82 Å². The van der Waals surface area contributed by atoms with Crippen molar-refractivity contribution in [1.82, 2.24) is 5.43 Å². The zero-order valence-electron chi connectivity index (χ0n) is 12.0. The predicted molar refractivity (Wildman–Crippen MR) is 88.3 cm³/mol. The standard InChI is InChI=1S/C16H16FN3OS/c1-11(12-5-4-6-13(18)9-12)19-20-16(21)10-22-15-8-3-2-7-14(15)17/h2-9H,10,18H2,1H3,(H,20,21)/b19-11-. The number of amides is 1.